The summed E-state index contributed by atoms with van der Waals surface area (Å²) < 4.78 is 17.0. The molecule has 1 saturated heterocycles. The molecule has 2 atom stereocenters. The van der Waals surface area contributed by atoms with E-state index in [4.69, 9.17) is 14.2 Å². The maximum Gasteiger partial charge on any atom is 0.311 e. The normalized spacial score (nSPS) is 21.0. The molecular weight excluding hydrogens is 304 g/mol. The molecule has 0 N–H and O–H groups in total. The Morgan fingerprint density at radius 1 is 1.29 bits per heavy atom. The molecule has 0 aliphatic carbocycles. The van der Waals surface area contributed by atoms with Crippen LogP contribution in [0.3, 0.4) is 0 Å². The van der Waals surface area contributed by atoms with Gasteiger partial charge in [0.25, 0.3) is 0 Å². The van der Waals surface area contributed by atoms with Crippen molar-refractivity contribution in [2.75, 3.05) is 13.2 Å². The van der Waals surface area contributed by atoms with Gasteiger partial charge in [-0.1, -0.05) is 36.9 Å². The number of ether oxygens (including phenoxy) is 3. The molecule has 0 saturated carbocycles. The van der Waals surface area contributed by atoms with Crippen LogP contribution >= 0.6 is 0 Å². The van der Waals surface area contributed by atoms with Crippen LogP contribution in [0, 0.1) is 5.41 Å². The first kappa shape index (κ1) is 18.7. The van der Waals surface area contributed by atoms with E-state index >= 15 is 0 Å². The van der Waals surface area contributed by atoms with Gasteiger partial charge in [-0.15, -0.1) is 0 Å². The van der Waals surface area contributed by atoms with Crippen molar-refractivity contribution in [3.63, 3.8) is 0 Å². The van der Waals surface area contributed by atoms with E-state index in [-0.39, 0.29) is 18.2 Å². The lowest BCUT2D eigenvalue weighted by atomic mass is 9.97. The third-order valence-corrected chi connectivity index (χ3v) is 3.97. The van der Waals surface area contributed by atoms with Gasteiger partial charge in [-0.2, -0.15) is 0 Å². The van der Waals surface area contributed by atoms with Crippen LogP contribution < -0.4 is 0 Å². The average molecular weight is 332 g/mol. The zero-order valence-electron chi connectivity index (χ0n) is 14.9. The van der Waals surface area contributed by atoms with Crippen LogP contribution in [0.1, 0.15) is 39.2 Å². The molecule has 0 bridgehead atoms. The largest absolute Gasteiger partial charge is 0.465 e. The SMILES string of the molecule is C=C1C[C@H](CCOC(=O)C(C)(C)C)O[C@H]1COCc1ccccc1. The molecule has 1 aliphatic heterocycles. The van der Waals surface area contributed by atoms with Crippen molar-refractivity contribution < 1.29 is 19.0 Å². The standard InChI is InChI=1S/C20H28O4/c1-15-12-17(10-11-23-19(21)20(2,3)4)24-18(15)14-22-13-16-8-6-5-7-9-16/h5-9,17-18H,1,10-14H2,2-4H3/t17-,18-/m0/s1. The molecule has 24 heavy (non-hydrogen) atoms. The Balaban J connectivity index is 1.66. The number of benzene rings is 1. The summed E-state index contributed by atoms with van der Waals surface area (Å²) in [4.78, 5) is 11.7. The Labute approximate surface area is 144 Å². The van der Waals surface area contributed by atoms with Crippen molar-refractivity contribution in [3.8, 4) is 0 Å². The van der Waals surface area contributed by atoms with Gasteiger partial charge in [0.15, 0.2) is 0 Å². The number of esters is 1. The number of hydrogen-bond acceptors (Lipinski definition) is 4. The molecule has 4 nitrogen and oxygen atoms in total. The molecule has 1 aromatic rings. The Morgan fingerprint density at radius 2 is 2.00 bits per heavy atom. The van der Waals surface area contributed by atoms with Gasteiger partial charge in [-0.05, 0) is 38.3 Å². The molecule has 0 aromatic heterocycles. The second-order valence-corrected chi connectivity index (χ2v) is 7.28. The predicted molar refractivity (Wildman–Crippen MR) is 93.5 cm³/mol. The van der Waals surface area contributed by atoms with Gasteiger partial charge in [0.2, 0.25) is 0 Å². The van der Waals surface area contributed by atoms with Crippen molar-refractivity contribution >= 4 is 5.97 Å². The highest BCUT2D eigenvalue weighted by molar-refractivity contribution is 5.75. The summed E-state index contributed by atoms with van der Waals surface area (Å²) in [5.74, 6) is -0.179. The van der Waals surface area contributed by atoms with Crippen LogP contribution in [0.5, 0.6) is 0 Å². The Morgan fingerprint density at radius 3 is 2.67 bits per heavy atom. The van der Waals surface area contributed by atoms with Crippen LogP contribution in [0.4, 0.5) is 0 Å². The maximum absolute atomic E-state index is 11.7. The van der Waals surface area contributed by atoms with E-state index in [1.54, 1.807) is 0 Å². The van der Waals surface area contributed by atoms with Crippen molar-refractivity contribution in [3.05, 3.63) is 48.0 Å². The van der Waals surface area contributed by atoms with E-state index in [2.05, 4.69) is 6.58 Å². The van der Waals surface area contributed by atoms with Crippen LogP contribution in [-0.4, -0.2) is 31.4 Å². The van der Waals surface area contributed by atoms with E-state index in [0.29, 0.717) is 26.2 Å². The lowest BCUT2D eigenvalue weighted by Gasteiger charge is -2.18. The summed E-state index contributed by atoms with van der Waals surface area (Å²) >= 11 is 0. The lowest BCUT2D eigenvalue weighted by molar-refractivity contribution is -0.153. The summed E-state index contributed by atoms with van der Waals surface area (Å²) in [7, 11) is 0. The third kappa shape index (κ3) is 5.77. The second-order valence-electron chi connectivity index (χ2n) is 7.28. The summed E-state index contributed by atoms with van der Waals surface area (Å²) in [5.41, 5.74) is 1.73. The molecule has 0 amide bonds. The number of hydrogen-bond donors (Lipinski definition) is 0. The molecule has 132 valence electrons. The lowest BCUT2D eigenvalue weighted by Crippen LogP contribution is -2.25. The number of carbonyl (C=O) groups excluding carboxylic acids is 1. The van der Waals surface area contributed by atoms with Crippen molar-refractivity contribution in [2.24, 2.45) is 5.41 Å². The second kappa shape index (κ2) is 8.45. The van der Waals surface area contributed by atoms with Crippen LogP contribution in [0.25, 0.3) is 0 Å². The molecule has 4 heteroatoms. The molecule has 1 aromatic carbocycles. The van der Waals surface area contributed by atoms with E-state index < -0.39 is 5.41 Å². The highest BCUT2D eigenvalue weighted by Gasteiger charge is 2.29. The summed E-state index contributed by atoms with van der Waals surface area (Å²) in [5, 5.41) is 0. The average Bonchev–Trinajstić information content (AvgIpc) is 2.87. The highest BCUT2D eigenvalue weighted by Crippen LogP contribution is 2.27. The van der Waals surface area contributed by atoms with E-state index in [0.717, 1.165) is 17.6 Å². The van der Waals surface area contributed by atoms with Crippen molar-refractivity contribution in [2.45, 2.75) is 52.4 Å². The van der Waals surface area contributed by atoms with Gasteiger partial charge in [-0.3, -0.25) is 4.79 Å². The van der Waals surface area contributed by atoms with E-state index in [9.17, 15) is 4.79 Å². The Bertz CT molecular complexity index is 545. The predicted octanol–water partition coefficient (Wildman–Crippen LogP) is 3.90. The highest BCUT2D eigenvalue weighted by atomic mass is 16.6. The molecular formula is C20H28O4. The third-order valence-electron chi connectivity index (χ3n) is 3.97. The molecule has 2 rings (SSSR count). The van der Waals surface area contributed by atoms with Gasteiger partial charge in [0, 0.05) is 6.42 Å². The monoisotopic (exact) mass is 332 g/mol. The number of rotatable bonds is 7. The van der Waals surface area contributed by atoms with Crippen LogP contribution in [-0.2, 0) is 25.6 Å². The molecule has 0 unspecified atom stereocenters. The van der Waals surface area contributed by atoms with Crippen LogP contribution in [0.15, 0.2) is 42.5 Å². The minimum Gasteiger partial charge on any atom is -0.465 e. The van der Waals surface area contributed by atoms with E-state index in [1.807, 2.05) is 51.1 Å². The number of carbonyl (C=O) groups is 1. The molecule has 1 aliphatic rings. The van der Waals surface area contributed by atoms with Crippen LogP contribution in [0.2, 0.25) is 0 Å². The fourth-order valence-corrected chi connectivity index (χ4v) is 2.49. The first-order valence-electron chi connectivity index (χ1n) is 8.48. The van der Waals surface area contributed by atoms with Gasteiger partial charge in [0.05, 0.1) is 31.3 Å². The zero-order chi connectivity index (χ0) is 17.6. The Hall–Kier alpha value is -1.65. The van der Waals surface area contributed by atoms with Crippen molar-refractivity contribution in [1.29, 1.82) is 0 Å². The van der Waals surface area contributed by atoms with Gasteiger partial charge in [0.1, 0.15) is 6.10 Å². The fourth-order valence-electron chi connectivity index (χ4n) is 2.49. The molecule has 0 radical (unpaired) electrons. The van der Waals surface area contributed by atoms with Gasteiger partial charge >= 0.3 is 5.97 Å². The first-order valence-corrected chi connectivity index (χ1v) is 8.48. The smallest absolute Gasteiger partial charge is 0.311 e. The first-order chi connectivity index (χ1) is 11.4. The molecule has 0 spiro atoms. The molecule has 1 heterocycles. The van der Waals surface area contributed by atoms with Gasteiger partial charge < -0.3 is 14.2 Å². The van der Waals surface area contributed by atoms with Gasteiger partial charge in [-0.25, -0.2) is 0 Å². The fraction of sp³-hybridized carbons (Fsp3) is 0.550. The maximum atomic E-state index is 11.7. The summed E-state index contributed by atoms with van der Waals surface area (Å²) in [6.45, 7) is 11.1. The molecule has 1 fully saturated rings. The summed E-state index contributed by atoms with van der Waals surface area (Å²) in [6, 6.07) is 10.1. The topological polar surface area (TPSA) is 44.8 Å². The van der Waals surface area contributed by atoms with E-state index in [1.165, 1.54) is 0 Å². The van der Waals surface area contributed by atoms with Crippen molar-refractivity contribution in [1.82, 2.24) is 0 Å². The Kier molecular flexibility index (Phi) is 6.58. The zero-order valence-corrected chi connectivity index (χ0v) is 14.9. The summed E-state index contributed by atoms with van der Waals surface area (Å²) in [6.07, 6.45) is 1.47. The minimum atomic E-state index is -0.464. The quantitative estimate of drug-likeness (QED) is 0.561. The minimum absolute atomic E-state index is 0.0515.